The number of ether oxygens (including phenoxy) is 2. The summed E-state index contributed by atoms with van der Waals surface area (Å²) in [4.78, 5) is 25.6. The van der Waals surface area contributed by atoms with Crippen LogP contribution in [0.4, 0.5) is 0 Å². The molecule has 0 amide bonds. The molecule has 154 valence electrons. The number of aromatic nitrogens is 1. The van der Waals surface area contributed by atoms with Crippen molar-refractivity contribution < 1.29 is 19.1 Å². The third kappa shape index (κ3) is 3.42. The Bertz CT molecular complexity index is 737. The Morgan fingerprint density at radius 3 is 2.29 bits per heavy atom. The number of aryl methyl sites for hydroxylation is 1. The van der Waals surface area contributed by atoms with Gasteiger partial charge in [0.15, 0.2) is 6.61 Å². The first-order chi connectivity index (χ1) is 13.4. The summed E-state index contributed by atoms with van der Waals surface area (Å²) in [5.74, 6) is 2.40. The second kappa shape index (κ2) is 7.66. The standard InChI is InChI=1S/C23H33NO4/c1-13-5-20(15(3)24(13)14(2)11-27-4)21(25)12-28-23(26)22-18-7-16-6-17(9-18)10-19(22)8-16/h5,14,16-19,22H,6-12H2,1-4H3. The molecule has 1 aromatic rings. The first-order valence-electron chi connectivity index (χ1n) is 10.8. The minimum Gasteiger partial charge on any atom is -0.457 e. The number of hydrogen-bond acceptors (Lipinski definition) is 4. The van der Waals surface area contributed by atoms with Gasteiger partial charge < -0.3 is 14.0 Å². The van der Waals surface area contributed by atoms with Crippen molar-refractivity contribution in [2.75, 3.05) is 20.3 Å². The molecule has 4 aliphatic carbocycles. The zero-order chi connectivity index (χ0) is 20.0. The highest BCUT2D eigenvalue weighted by atomic mass is 16.5. The minimum atomic E-state index is -0.148. The SMILES string of the molecule is COCC(C)n1c(C)cc(C(=O)COC(=O)C2C3CC4CC(C3)CC2C4)c1C. The fourth-order valence-electron chi connectivity index (χ4n) is 6.67. The number of carbonyl (C=O) groups excluding carboxylic acids is 2. The molecular formula is C23H33NO4. The fourth-order valence-corrected chi connectivity index (χ4v) is 6.67. The van der Waals surface area contributed by atoms with Gasteiger partial charge in [-0.05, 0) is 82.6 Å². The molecule has 0 saturated heterocycles. The lowest BCUT2D eigenvalue weighted by molar-refractivity contribution is -0.161. The normalized spacial score (nSPS) is 31.8. The minimum absolute atomic E-state index is 0.0229. The third-order valence-electron chi connectivity index (χ3n) is 7.48. The predicted octanol–water partition coefficient (Wildman–Crippen LogP) is 4.11. The molecule has 1 aromatic heterocycles. The topological polar surface area (TPSA) is 57.5 Å². The van der Waals surface area contributed by atoms with E-state index in [9.17, 15) is 9.59 Å². The molecule has 4 saturated carbocycles. The number of Topliss-reactive ketones (excluding diaryl/α,β-unsaturated/α-hetero) is 1. The Balaban J connectivity index is 1.40. The Kier molecular flexibility index (Phi) is 5.38. The van der Waals surface area contributed by atoms with E-state index in [0.717, 1.165) is 23.2 Å². The Hall–Kier alpha value is -1.62. The van der Waals surface area contributed by atoms with Crippen LogP contribution in [0.2, 0.25) is 0 Å². The number of carbonyl (C=O) groups is 2. The van der Waals surface area contributed by atoms with Crippen molar-refractivity contribution >= 4 is 11.8 Å². The van der Waals surface area contributed by atoms with E-state index in [2.05, 4.69) is 11.5 Å². The zero-order valence-corrected chi connectivity index (χ0v) is 17.6. The van der Waals surface area contributed by atoms with Crippen molar-refractivity contribution in [3.05, 3.63) is 23.0 Å². The highest BCUT2D eigenvalue weighted by Gasteiger charge is 2.51. The van der Waals surface area contributed by atoms with Gasteiger partial charge in [0, 0.05) is 24.1 Å². The lowest BCUT2D eigenvalue weighted by atomic mass is 9.52. The lowest BCUT2D eigenvalue weighted by Crippen LogP contribution is -2.48. The number of rotatable bonds is 7. The van der Waals surface area contributed by atoms with Crippen molar-refractivity contribution in [3.63, 3.8) is 0 Å². The van der Waals surface area contributed by atoms with Gasteiger partial charge in [0.2, 0.25) is 5.78 Å². The van der Waals surface area contributed by atoms with Crippen LogP contribution in [-0.4, -0.2) is 36.6 Å². The van der Waals surface area contributed by atoms with E-state index >= 15 is 0 Å². The van der Waals surface area contributed by atoms with Crippen LogP contribution in [0.25, 0.3) is 0 Å². The van der Waals surface area contributed by atoms with Crippen LogP contribution < -0.4 is 0 Å². The molecule has 28 heavy (non-hydrogen) atoms. The number of ketones is 1. The second-order valence-electron chi connectivity index (χ2n) is 9.45. The fraction of sp³-hybridized carbons (Fsp3) is 0.739. The number of hydrogen-bond donors (Lipinski definition) is 0. The summed E-state index contributed by atoms with van der Waals surface area (Å²) in [7, 11) is 1.68. The first-order valence-corrected chi connectivity index (χ1v) is 10.8. The van der Waals surface area contributed by atoms with Gasteiger partial charge in [-0.25, -0.2) is 0 Å². The van der Waals surface area contributed by atoms with Gasteiger partial charge in [0.25, 0.3) is 0 Å². The maximum Gasteiger partial charge on any atom is 0.309 e. The monoisotopic (exact) mass is 387 g/mol. The summed E-state index contributed by atoms with van der Waals surface area (Å²) in [6.07, 6.45) is 6.08. The largest absolute Gasteiger partial charge is 0.457 e. The molecule has 5 nitrogen and oxygen atoms in total. The molecule has 1 heterocycles. The van der Waals surface area contributed by atoms with Crippen LogP contribution in [0.15, 0.2) is 6.07 Å². The van der Waals surface area contributed by atoms with E-state index < -0.39 is 0 Å². The summed E-state index contributed by atoms with van der Waals surface area (Å²) in [5.41, 5.74) is 2.59. The summed E-state index contributed by atoms with van der Waals surface area (Å²) in [5, 5.41) is 0. The van der Waals surface area contributed by atoms with Gasteiger partial charge >= 0.3 is 5.97 Å². The Morgan fingerprint density at radius 1 is 1.11 bits per heavy atom. The molecule has 0 spiro atoms. The van der Waals surface area contributed by atoms with Crippen molar-refractivity contribution in [3.8, 4) is 0 Å². The second-order valence-corrected chi connectivity index (χ2v) is 9.45. The molecule has 1 atom stereocenters. The van der Waals surface area contributed by atoms with Gasteiger partial charge in [-0.3, -0.25) is 9.59 Å². The Labute approximate surface area is 167 Å². The molecule has 4 bridgehead atoms. The first kappa shape index (κ1) is 19.7. The summed E-state index contributed by atoms with van der Waals surface area (Å²) in [6.45, 7) is 6.46. The van der Waals surface area contributed by atoms with Gasteiger partial charge in [-0.1, -0.05) is 0 Å². The van der Waals surface area contributed by atoms with Gasteiger partial charge in [0.1, 0.15) is 0 Å². The van der Waals surface area contributed by atoms with Crippen molar-refractivity contribution in [2.45, 2.75) is 58.9 Å². The number of esters is 1. The number of methoxy groups -OCH3 is 1. The molecular weight excluding hydrogens is 354 g/mol. The number of nitrogens with zero attached hydrogens (tertiary/aromatic N) is 1. The predicted molar refractivity (Wildman–Crippen MR) is 106 cm³/mol. The lowest BCUT2D eigenvalue weighted by Gasteiger charge is -2.53. The molecule has 0 aromatic carbocycles. The van der Waals surface area contributed by atoms with E-state index in [1.807, 2.05) is 19.9 Å². The van der Waals surface area contributed by atoms with E-state index in [4.69, 9.17) is 9.47 Å². The quantitative estimate of drug-likeness (QED) is 0.522. The van der Waals surface area contributed by atoms with Crippen LogP contribution in [-0.2, 0) is 14.3 Å². The third-order valence-corrected chi connectivity index (χ3v) is 7.48. The molecule has 0 radical (unpaired) electrons. The van der Waals surface area contributed by atoms with E-state index in [-0.39, 0.29) is 30.3 Å². The van der Waals surface area contributed by atoms with Gasteiger partial charge in [0.05, 0.1) is 18.6 Å². The highest BCUT2D eigenvalue weighted by molar-refractivity contribution is 5.99. The molecule has 0 N–H and O–H groups in total. The summed E-state index contributed by atoms with van der Waals surface area (Å²) < 4.78 is 13.0. The summed E-state index contributed by atoms with van der Waals surface area (Å²) >= 11 is 0. The van der Waals surface area contributed by atoms with Crippen molar-refractivity contribution in [1.29, 1.82) is 0 Å². The average Bonchev–Trinajstić information content (AvgIpc) is 2.93. The molecule has 4 aliphatic rings. The van der Waals surface area contributed by atoms with Gasteiger partial charge in [-0.2, -0.15) is 0 Å². The van der Waals surface area contributed by atoms with Crippen LogP contribution >= 0.6 is 0 Å². The smallest absolute Gasteiger partial charge is 0.309 e. The van der Waals surface area contributed by atoms with Crippen LogP contribution in [0.3, 0.4) is 0 Å². The van der Waals surface area contributed by atoms with Crippen LogP contribution in [0.5, 0.6) is 0 Å². The molecule has 1 unspecified atom stereocenters. The molecule has 5 rings (SSSR count). The summed E-state index contributed by atoms with van der Waals surface area (Å²) in [6, 6.07) is 2.06. The van der Waals surface area contributed by atoms with Crippen LogP contribution in [0.1, 0.15) is 66.8 Å². The molecule has 4 fully saturated rings. The molecule has 5 heteroatoms. The van der Waals surface area contributed by atoms with E-state index in [0.29, 0.717) is 24.0 Å². The van der Waals surface area contributed by atoms with Gasteiger partial charge in [-0.15, -0.1) is 0 Å². The highest BCUT2D eigenvalue weighted by Crippen LogP contribution is 2.56. The van der Waals surface area contributed by atoms with Crippen molar-refractivity contribution in [1.82, 2.24) is 4.57 Å². The molecule has 0 aliphatic heterocycles. The zero-order valence-electron chi connectivity index (χ0n) is 17.6. The maximum absolute atomic E-state index is 12.8. The van der Waals surface area contributed by atoms with Crippen LogP contribution in [0, 0.1) is 43.4 Å². The van der Waals surface area contributed by atoms with E-state index in [1.165, 1.54) is 32.1 Å². The van der Waals surface area contributed by atoms with E-state index in [1.54, 1.807) is 7.11 Å². The maximum atomic E-state index is 12.8. The average molecular weight is 388 g/mol. The Morgan fingerprint density at radius 2 is 1.71 bits per heavy atom. The van der Waals surface area contributed by atoms with Crippen molar-refractivity contribution in [2.24, 2.45) is 29.6 Å².